The third-order valence-electron chi connectivity index (χ3n) is 8.13. The molecule has 3 atom stereocenters. The first-order chi connectivity index (χ1) is 19.2. The van der Waals surface area contributed by atoms with E-state index in [4.69, 9.17) is 31.2 Å². The summed E-state index contributed by atoms with van der Waals surface area (Å²) in [5.41, 5.74) is 0.850. The molecule has 0 aromatic heterocycles. The number of thioether (sulfide) groups is 1. The summed E-state index contributed by atoms with van der Waals surface area (Å²) < 4.78 is 21.8. The van der Waals surface area contributed by atoms with Crippen LogP contribution in [0.3, 0.4) is 0 Å². The number of likely N-dealkylation sites (N-methyl/N-ethyl adjacent to an activating group) is 2. The molecule has 0 aliphatic carbocycles. The van der Waals surface area contributed by atoms with Gasteiger partial charge in [0, 0.05) is 37.3 Å². The third-order valence-corrected chi connectivity index (χ3v) is 10.1. The Balaban J connectivity index is 1.84. The Hall–Kier alpha value is -3.28. The molecule has 2 aromatic rings. The predicted molar refractivity (Wildman–Crippen MR) is 159 cm³/mol. The minimum absolute atomic E-state index is 0.197. The zero-order chi connectivity index (χ0) is 29.0. The minimum atomic E-state index is -1.36. The first-order valence-electron chi connectivity index (χ1n) is 12.9. The summed E-state index contributed by atoms with van der Waals surface area (Å²) in [6.45, 7) is 6.84. The summed E-state index contributed by atoms with van der Waals surface area (Å²) in [6.07, 6.45) is 1.65. The van der Waals surface area contributed by atoms with E-state index in [9.17, 15) is 9.59 Å². The molecule has 0 saturated carbocycles. The van der Waals surface area contributed by atoms with Crippen molar-refractivity contribution < 1.29 is 28.5 Å². The fourth-order valence-corrected chi connectivity index (χ4v) is 8.67. The molecule has 212 valence electrons. The summed E-state index contributed by atoms with van der Waals surface area (Å²) in [5, 5.41) is 0. The van der Waals surface area contributed by atoms with E-state index < -0.39 is 16.2 Å². The van der Waals surface area contributed by atoms with Gasteiger partial charge in [0.05, 0.1) is 27.9 Å². The van der Waals surface area contributed by atoms with Gasteiger partial charge in [-0.3, -0.25) is 19.4 Å². The fourth-order valence-electron chi connectivity index (χ4n) is 6.52. The SMILES string of the molecule is C=CCN1C(=O)C2(SC1=S)C(c1cc(OC)c(OC)c(OC)c1)CN(C)C21C(=O)N(C)c2ccc(OCC)cc21. The van der Waals surface area contributed by atoms with E-state index in [2.05, 4.69) is 6.58 Å². The highest BCUT2D eigenvalue weighted by atomic mass is 32.2. The number of anilines is 1. The third kappa shape index (κ3) is 3.53. The van der Waals surface area contributed by atoms with Gasteiger partial charge in [0.2, 0.25) is 11.7 Å². The van der Waals surface area contributed by atoms with Crippen molar-refractivity contribution in [2.45, 2.75) is 23.1 Å². The standard InChI is InChI=1S/C29H33N3O6S2/c1-8-12-32-26(34)29(40-27(32)39)20(17-13-22(35-5)24(37-7)23(14-17)36-6)16-30(3)28(29)19-15-18(38-9-2)10-11-21(19)31(4)25(28)33/h8,10-11,13-15,20H,1,9,12,16H2,2-7H3. The van der Waals surface area contributed by atoms with Crippen molar-refractivity contribution in [1.29, 1.82) is 0 Å². The lowest BCUT2D eigenvalue weighted by molar-refractivity contribution is -0.138. The van der Waals surface area contributed by atoms with Crippen molar-refractivity contribution in [2.24, 2.45) is 0 Å². The molecule has 2 aromatic carbocycles. The van der Waals surface area contributed by atoms with E-state index in [0.29, 0.717) is 46.0 Å². The molecule has 9 nitrogen and oxygen atoms in total. The molecule has 2 spiro atoms. The van der Waals surface area contributed by atoms with Gasteiger partial charge in [-0.2, -0.15) is 0 Å². The van der Waals surface area contributed by atoms with Crippen molar-refractivity contribution >= 4 is 45.8 Å². The van der Waals surface area contributed by atoms with Crippen LogP contribution >= 0.6 is 24.0 Å². The molecular formula is C29H33N3O6S2. The fraction of sp³-hybridized carbons (Fsp3) is 0.414. The monoisotopic (exact) mass is 583 g/mol. The van der Waals surface area contributed by atoms with Crippen LogP contribution in [0.15, 0.2) is 43.0 Å². The molecule has 5 rings (SSSR count). The van der Waals surface area contributed by atoms with Gasteiger partial charge in [0.25, 0.3) is 5.91 Å². The first-order valence-corrected chi connectivity index (χ1v) is 14.1. The van der Waals surface area contributed by atoms with E-state index in [0.717, 1.165) is 11.3 Å². The van der Waals surface area contributed by atoms with Gasteiger partial charge < -0.3 is 23.8 Å². The van der Waals surface area contributed by atoms with Crippen LogP contribution in [-0.4, -0.2) is 85.8 Å². The van der Waals surface area contributed by atoms with Crippen LogP contribution in [0.25, 0.3) is 0 Å². The Kier molecular flexibility index (Phi) is 7.26. The zero-order valence-corrected chi connectivity index (χ0v) is 25.1. The topological polar surface area (TPSA) is 80.8 Å². The second-order valence-electron chi connectivity index (χ2n) is 9.89. The second-order valence-corrected chi connectivity index (χ2v) is 11.8. The van der Waals surface area contributed by atoms with Gasteiger partial charge in [0.1, 0.15) is 14.8 Å². The number of hydrogen-bond donors (Lipinski definition) is 0. The van der Waals surface area contributed by atoms with Crippen LogP contribution in [0.5, 0.6) is 23.0 Å². The molecule has 3 unspecified atom stereocenters. The van der Waals surface area contributed by atoms with Crippen LogP contribution in [0.4, 0.5) is 5.69 Å². The van der Waals surface area contributed by atoms with Crippen LogP contribution in [0, 0.1) is 0 Å². The van der Waals surface area contributed by atoms with Crippen molar-refractivity contribution in [1.82, 2.24) is 9.80 Å². The second kappa shape index (κ2) is 10.3. The van der Waals surface area contributed by atoms with Gasteiger partial charge in [-0.15, -0.1) is 6.58 Å². The average molecular weight is 584 g/mol. The minimum Gasteiger partial charge on any atom is -0.494 e. The molecule has 3 aliphatic rings. The Morgan fingerprint density at radius 3 is 2.33 bits per heavy atom. The smallest absolute Gasteiger partial charge is 0.254 e. The number of benzene rings is 2. The number of methoxy groups -OCH3 is 3. The number of thiocarbonyl (C=S) groups is 1. The molecule has 40 heavy (non-hydrogen) atoms. The van der Waals surface area contributed by atoms with E-state index in [-0.39, 0.29) is 18.4 Å². The molecule has 11 heteroatoms. The van der Waals surface area contributed by atoms with Crippen LogP contribution < -0.4 is 23.8 Å². The predicted octanol–water partition coefficient (Wildman–Crippen LogP) is 3.80. The summed E-state index contributed by atoms with van der Waals surface area (Å²) in [7, 11) is 8.28. The van der Waals surface area contributed by atoms with E-state index in [1.165, 1.54) is 11.8 Å². The molecule has 3 aliphatic heterocycles. The molecule has 0 radical (unpaired) electrons. The summed E-state index contributed by atoms with van der Waals surface area (Å²) in [6, 6.07) is 9.33. The van der Waals surface area contributed by atoms with Crippen LogP contribution in [-0.2, 0) is 15.1 Å². The molecule has 0 N–H and O–H groups in total. The number of amides is 2. The highest BCUT2D eigenvalue weighted by molar-refractivity contribution is 8.25. The number of carbonyl (C=O) groups excluding carboxylic acids is 2. The molecule has 2 saturated heterocycles. The molecule has 2 amide bonds. The van der Waals surface area contributed by atoms with Crippen molar-refractivity contribution in [3.05, 3.63) is 54.1 Å². The van der Waals surface area contributed by atoms with E-state index >= 15 is 0 Å². The lowest BCUT2D eigenvalue weighted by Crippen LogP contribution is -2.62. The van der Waals surface area contributed by atoms with Gasteiger partial charge in [-0.25, -0.2) is 0 Å². The van der Waals surface area contributed by atoms with Crippen molar-refractivity contribution in [2.75, 3.05) is 60.0 Å². The first kappa shape index (κ1) is 28.3. The van der Waals surface area contributed by atoms with Gasteiger partial charge >= 0.3 is 0 Å². The van der Waals surface area contributed by atoms with Crippen LogP contribution in [0.2, 0.25) is 0 Å². The average Bonchev–Trinajstić information content (AvgIpc) is 3.45. The van der Waals surface area contributed by atoms with E-state index in [1.807, 2.05) is 49.2 Å². The number of ether oxygens (including phenoxy) is 4. The highest BCUT2D eigenvalue weighted by Crippen LogP contribution is 2.67. The maximum Gasteiger partial charge on any atom is 0.254 e. The number of fused-ring (bicyclic) bond motifs is 3. The normalized spacial score (nSPS) is 25.8. The molecular weight excluding hydrogens is 550 g/mol. The van der Waals surface area contributed by atoms with Crippen LogP contribution in [0.1, 0.15) is 24.0 Å². The van der Waals surface area contributed by atoms with Gasteiger partial charge in [-0.05, 0) is 49.9 Å². The quantitative estimate of drug-likeness (QED) is 0.341. The van der Waals surface area contributed by atoms with Gasteiger partial charge in [-0.1, -0.05) is 30.1 Å². The lowest BCUT2D eigenvalue weighted by Gasteiger charge is -2.42. The maximum atomic E-state index is 14.8. The zero-order valence-electron chi connectivity index (χ0n) is 23.5. The number of hydrogen-bond acceptors (Lipinski definition) is 9. The Morgan fingerprint density at radius 1 is 1.07 bits per heavy atom. The number of nitrogens with zero attached hydrogens (tertiary/aromatic N) is 3. The Morgan fingerprint density at radius 2 is 1.75 bits per heavy atom. The largest absolute Gasteiger partial charge is 0.494 e. The van der Waals surface area contributed by atoms with Crippen molar-refractivity contribution in [3.8, 4) is 23.0 Å². The highest BCUT2D eigenvalue weighted by Gasteiger charge is 2.78. The maximum absolute atomic E-state index is 14.8. The summed E-state index contributed by atoms with van der Waals surface area (Å²) in [4.78, 5) is 34.6. The van der Waals surface area contributed by atoms with E-state index in [1.54, 1.807) is 44.3 Å². The summed E-state index contributed by atoms with van der Waals surface area (Å²) in [5.74, 6) is 1.09. The number of likely N-dealkylation sites (tertiary alicyclic amines) is 1. The lowest BCUT2D eigenvalue weighted by atomic mass is 9.72. The number of carbonyl (C=O) groups is 2. The van der Waals surface area contributed by atoms with Crippen molar-refractivity contribution in [3.63, 3.8) is 0 Å². The Labute approximate surface area is 244 Å². The Bertz CT molecular complexity index is 1390. The summed E-state index contributed by atoms with van der Waals surface area (Å²) >= 11 is 7.08. The molecule has 2 fully saturated rings. The number of rotatable bonds is 8. The molecule has 0 bridgehead atoms. The van der Waals surface area contributed by atoms with Gasteiger partial charge in [0.15, 0.2) is 17.0 Å². The molecule has 3 heterocycles.